The standard InChI is InChI=1S/C12H12N4S2/c1-12(2,11-13-4-6-18-11)16-9-8-3-5-17-10(8)15-7-14-9/h3-7H,1-2H3,(H,14,15,16). The van der Waals surface area contributed by atoms with Crippen molar-refractivity contribution in [2.24, 2.45) is 0 Å². The molecule has 0 unspecified atom stereocenters. The zero-order chi connectivity index (χ0) is 12.6. The predicted octanol–water partition coefficient (Wildman–Crippen LogP) is 3.50. The molecule has 3 rings (SSSR count). The first-order chi connectivity index (χ1) is 8.67. The first kappa shape index (κ1) is 11.6. The largest absolute Gasteiger partial charge is 0.358 e. The molecule has 0 bridgehead atoms. The fourth-order valence-corrected chi connectivity index (χ4v) is 3.22. The van der Waals surface area contributed by atoms with E-state index in [1.54, 1.807) is 29.0 Å². The molecule has 0 saturated heterocycles. The molecule has 0 atom stereocenters. The molecule has 0 aliphatic carbocycles. The van der Waals surface area contributed by atoms with Gasteiger partial charge in [-0.3, -0.25) is 0 Å². The maximum Gasteiger partial charge on any atom is 0.138 e. The van der Waals surface area contributed by atoms with Crippen LogP contribution < -0.4 is 5.32 Å². The molecule has 1 N–H and O–H groups in total. The Labute approximate surface area is 113 Å². The molecule has 3 aromatic rings. The topological polar surface area (TPSA) is 50.7 Å². The number of thiophene rings is 1. The smallest absolute Gasteiger partial charge is 0.138 e. The van der Waals surface area contributed by atoms with Crippen LogP contribution in [0.1, 0.15) is 18.9 Å². The molecule has 3 heterocycles. The number of nitrogens with zero attached hydrogens (tertiary/aromatic N) is 3. The number of thiazole rings is 1. The van der Waals surface area contributed by atoms with E-state index in [2.05, 4.69) is 34.1 Å². The molecule has 0 fully saturated rings. The lowest BCUT2D eigenvalue weighted by atomic mass is 10.1. The summed E-state index contributed by atoms with van der Waals surface area (Å²) in [4.78, 5) is 14.0. The van der Waals surface area contributed by atoms with Crippen LogP contribution in [-0.4, -0.2) is 15.0 Å². The summed E-state index contributed by atoms with van der Waals surface area (Å²) in [6.07, 6.45) is 3.42. The van der Waals surface area contributed by atoms with E-state index in [-0.39, 0.29) is 5.54 Å². The Morgan fingerprint density at radius 3 is 2.78 bits per heavy atom. The van der Waals surface area contributed by atoms with Crippen LogP contribution in [0.4, 0.5) is 5.82 Å². The highest BCUT2D eigenvalue weighted by Crippen LogP contribution is 2.30. The Balaban J connectivity index is 1.99. The number of hydrogen-bond donors (Lipinski definition) is 1. The number of aromatic nitrogens is 3. The van der Waals surface area contributed by atoms with E-state index in [9.17, 15) is 0 Å². The molecule has 0 aliphatic rings. The van der Waals surface area contributed by atoms with Crippen molar-refractivity contribution in [3.63, 3.8) is 0 Å². The molecule has 3 aromatic heterocycles. The molecule has 4 nitrogen and oxygen atoms in total. The van der Waals surface area contributed by atoms with Crippen molar-refractivity contribution < 1.29 is 0 Å². The number of nitrogens with one attached hydrogen (secondary N) is 1. The van der Waals surface area contributed by atoms with Crippen molar-refractivity contribution in [2.45, 2.75) is 19.4 Å². The minimum atomic E-state index is -0.239. The second-order valence-electron chi connectivity index (χ2n) is 4.45. The first-order valence-corrected chi connectivity index (χ1v) is 7.29. The molecular weight excluding hydrogens is 264 g/mol. The van der Waals surface area contributed by atoms with E-state index in [1.165, 1.54) is 0 Å². The maximum atomic E-state index is 4.37. The SMILES string of the molecule is CC(C)(Nc1ncnc2sccc12)c1nccs1. The highest BCUT2D eigenvalue weighted by atomic mass is 32.1. The molecule has 0 amide bonds. The van der Waals surface area contributed by atoms with Gasteiger partial charge in [-0.25, -0.2) is 15.0 Å². The monoisotopic (exact) mass is 276 g/mol. The summed E-state index contributed by atoms with van der Waals surface area (Å²) in [6, 6.07) is 2.04. The lowest BCUT2D eigenvalue weighted by Crippen LogP contribution is -2.28. The molecule has 0 aromatic carbocycles. The predicted molar refractivity (Wildman–Crippen MR) is 76.2 cm³/mol. The van der Waals surface area contributed by atoms with Crippen molar-refractivity contribution in [1.29, 1.82) is 0 Å². The number of fused-ring (bicyclic) bond motifs is 1. The number of rotatable bonds is 3. The van der Waals surface area contributed by atoms with Crippen LogP contribution in [0.2, 0.25) is 0 Å². The van der Waals surface area contributed by atoms with Crippen molar-refractivity contribution in [3.8, 4) is 0 Å². The maximum absolute atomic E-state index is 4.37. The molecule has 6 heteroatoms. The summed E-state index contributed by atoms with van der Waals surface area (Å²) in [7, 11) is 0. The van der Waals surface area contributed by atoms with Gasteiger partial charge in [-0.05, 0) is 25.3 Å². The van der Waals surface area contributed by atoms with Crippen molar-refractivity contribution in [3.05, 3.63) is 34.4 Å². The third-order valence-corrected chi connectivity index (χ3v) is 4.58. The lowest BCUT2D eigenvalue weighted by Gasteiger charge is -2.24. The average molecular weight is 276 g/mol. The van der Waals surface area contributed by atoms with E-state index in [0.29, 0.717) is 0 Å². The quantitative estimate of drug-likeness (QED) is 0.795. The van der Waals surface area contributed by atoms with Gasteiger partial charge in [-0.1, -0.05) is 0 Å². The lowest BCUT2D eigenvalue weighted by molar-refractivity contribution is 0.602. The van der Waals surface area contributed by atoms with Crippen LogP contribution >= 0.6 is 22.7 Å². The fourth-order valence-electron chi connectivity index (χ4n) is 1.77. The van der Waals surface area contributed by atoms with Crippen molar-refractivity contribution in [1.82, 2.24) is 15.0 Å². The zero-order valence-corrected chi connectivity index (χ0v) is 11.7. The second kappa shape index (κ2) is 4.29. The Hall–Kier alpha value is -1.53. The highest BCUT2D eigenvalue weighted by Gasteiger charge is 2.24. The van der Waals surface area contributed by atoms with E-state index < -0.39 is 0 Å². The minimum absolute atomic E-state index is 0.239. The number of anilines is 1. The van der Waals surface area contributed by atoms with E-state index in [1.807, 2.05) is 23.0 Å². The number of hydrogen-bond acceptors (Lipinski definition) is 6. The Kier molecular flexibility index (Phi) is 2.76. The van der Waals surface area contributed by atoms with Crippen LogP contribution in [-0.2, 0) is 5.54 Å². The summed E-state index contributed by atoms with van der Waals surface area (Å²) in [5, 5.41) is 9.57. The summed E-state index contributed by atoms with van der Waals surface area (Å²) in [5.74, 6) is 0.862. The van der Waals surface area contributed by atoms with Gasteiger partial charge in [-0.15, -0.1) is 22.7 Å². The molecule has 0 aliphatic heterocycles. The van der Waals surface area contributed by atoms with Gasteiger partial charge in [0.25, 0.3) is 0 Å². The van der Waals surface area contributed by atoms with Gasteiger partial charge >= 0.3 is 0 Å². The van der Waals surface area contributed by atoms with Gasteiger partial charge in [-0.2, -0.15) is 0 Å². The van der Waals surface area contributed by atoms with E-state index in [4.69, 9.17) is 0 Å². The van der Waals surface area contributed by atoms with E-state index in [0.717, 1.165) is 21.0 Å². The molecule has 92 valence electrons. The summed E-state index contributed by atoms with van der Waals surface area (Å²) < 4.78 is 0. The van der Waals surface area contributed by atoms with E-state index >= 15 is 0 Å². The van der Waals surface area contributed by atoms with Gasteiger partial charge < -0.3 is 5.32 Å². The average Bonchev–Trinajstić information content (AvgIpc) is 3.00. The Morgan fingerprint density at radius 1 is 1.11 bits per heavy atom. The fraction of sp³-hybridized carbons (Fsp3) is 0.250. The van der Waals surface area contributed by atoms with Crippen LogP contribution in [0.15, 0.2) is 29.4 Å². The van der Waals surface area contributed by atoms with Gasteiger partial charge in [0.15, 0.2) is 0 Å². The van der Waals surface area contributed by atoms with Crippen LogP contribution in [0.3, 0.4) is 0 Å². The summed E-state index contributed by atoms with van der Waals surface area (Å²) in [5.41, 5.74) is -0.239. The van der Waals surface area contributed by atoms with Crippen molar-refractivity contribution in [2.75, 3.05) is 5.32 Å². The highest BCUT2D eigenvalue weighted by molar-refractivity contribution is 7.16. The third kappa shape index (κ3) is 1.97. The van der Waals surface area contributed by atoms with Gasteiger partial charge in [0.2, 0.25) is 0 Å². The van der Waals surface area contributed by atoms with Gasteiger partial charge in [0.1, 0.15) is 22.0 Å². The molecule has 18 heavy (non-hydrogen) atoms. The van der Waals surface area contributed by atoms with Crippen molar-refractivity contribution >= 4 is 38.7 Å². The van der Waals surface area contributed by atoms with Crippen LogP contribution in [0.5, 0.6) is 0 Å². The minimum Gasteiger partial charge on any atom is -0.358 e. The Morgan fingerprint density at radius 2 is 2.00 bits per heavy atom. The van der Waals surface area contributed by atoms with Crippen LogP contribution in [0, 0.1) is 0 Å². The Bertz CT molecular complexity index is 658. The molecular formula is C12H12N4S2. The molecule has 0 spiro atoms. The first-order valence-electron chi connectivity index (χ1n) is 5.53. The summed E-state index contributed by atoms with van der Waals surface area (Å²) >= 11 is 3.26. The molecule has 0 radical (unpaired) electrons. The third-order valence-electron chi connectivity index (χ3n) is 2.66. The molecule has 0 saturated carbocycles. The zero-order valence-electron chi connectivity index (χ0n) is 10.0. The summed E-state index contributed by atoms with van der Waals surface area (Å²) in [6.45, 7) is 4.21. The van der Waals surface area contributed by atoms with Gasteiger partial charge in [0, 0.05) is 11.6 Å². The van der Waals surface area contributed by atoms with Crippen LogP contribution in [0.25, 0.3) is 10.2 Å². The van der Waals surface area contributed by atoms with Gasteiger partial charge in [0.05, 0.1) is 10.9 Å². The second-order valence-corrected chi connectivity index (χ2v) is 6.24. The normalized spacial score (nSPS) is 11.9.